The van der Waals surface area contributed by atoms with Crippen LogP contribution in [-0.4, -0.2) is 75.1 Å². The number of aromatic amines is 1. The molecule has 1 aromatic carbocycles. The average Bonchev–Trinajstić information content (AvgIpc) is 3.29. The number of H-pyrrole nitrogens is 1. The molecule has 4 amide bonds. The molecule has 2 rings (SSSR count). The van der Waals surface area contributed by atoms with Gasteiger partial charge in [-0.15, -0.1) is 0 Å². The van der Waals surface area contributed by atoms with Crippen LogP contribution in [0.15, 0.2) is 30.5 Å². The highest BCUT2D eigenvalue weighted by molar-refractivity contribution is 5.95. The smallest absolute Gasteiger partial charge is 0.328 e. The Balaban J connectivity index is 2.17. The molecule has 39 heavy (non-hydrogen) atoms. The number of para-hydroxylation sites is 1. The summed E-state index contributed by atoms with van der Waals surface area (Å²) in [6, 6.07) is 2.47. The molecule has 2 aromatic rings. The molecule has 0 fully saturated rings. The molecule has 214 valence electrons. The number of carboxylic acids is 1. The van der Waals surface area contributed by atoms with E-state index in [2.05, 4.69) is 20.9 Å². The summed E-state index contributed by atoms with van der Waals surface area (Å²) in [5.41, 5.74) is 13.1. The Hall–Kier alpha value is -3.97. The van der Waals surface area contributed by atoms with Gasteiger partial charge in [0, 0.05) is 23.5 Å². The molecule has 6 atom stereocenters. The number of carbonyl (C=O) groups is 5. The lowest BCUT2D eigenvalue weighted by Gasteiger charge is -2.28. The molecule has 1 heterocycles. The van der Waals surface area contributed by atoms with Crippen LogP contribution in [0.4, 0.5) is 0 Å². The number of nitrogens with two attached hydrogens (primary N) is 2. The van der Waals surface area contributed by atoms with Crippen molar-refractivity contribution in [3.05, 3.63) is 36.0 Å². The third-order valence-corrected chi connectivity index (χ3v) is 6.60. The molecule has 13 heteroatoms. The third-order valence-electron chi connectivity index (χ3n) is 6.60. The first-order valence-corrected chi connectivity index (χ1v) is 12.8. The predicted molar refractivity (Wildman–Crippen MR) is 143 cm³/mol. The lowest BCUT2D eigenvalue weighted by atomic mass is 9.96. The number of carbonyl (C=O) groups excluding carboxylic acids is 4. The highest BCUT2D eigenvalue weighted by Crippen LogP contribution is 2.19. The van der Waals surface area contributed by atoms with Gasteiger partial charge < -0.3 is 42.6 Å². The molecular weight excluding hydrogens is 508 g/mol. The number of aliphatic hydroxyl groups excluding tert-OH is 1. The lowest BCUT2D eigenvalue weighted by molar-refractivity contribution is -0.145. The number of hydrogen-bond acceptors (Lipinski definition) is 7. The van der Waals surface area contributed by atoms with E-state index < -0.39 is 65.8 Å². The SMILES string of the molecule is CCC(C)C(NC(=O)C(CCC(N)=O)NC(=O)C(N)Cc1c[nH]c2ccccc12)C(=O)NC(C(=O)O)C(C)O. The van der Waals surface area contributed by atoms with Gasteiger partial charge in [0.25, 0.3) is 0 Å². The lowest BCUT2D eigenvalue weighted by Crippen LogP contribution is -2.60. The van der Waals surface area contributed by atoms with Gasteiger partial charge in [-0.1, -0.05) is 38.5 Å². The Morgan fingerprint density at radius 2 is 1.62 bits per heavy atom. The van der Waals surface area contributed by atoms with Crippen LogP contribution in [0.3, 0.4) is 0 Å². The molecular formula is C26H38N6O7. The van der Waals surface area contributed by atoms with Crippen LogP contribution in [0, 0.1) is 5.92 Å². The summed E-state index contributed by atoms with van der Waals surface area (Å²) in [6.45, 7) is 4.66. The standard InChI is InChI=1S/C26H38N6O7/c1-4-13(2)21(25(37)32-22(14(3)33)26(38)39)31-24(36)19(9-10-20(28)34)30-23(35)17(27)11-15-12-29-18-8-6-5-7-16(15)18/h5-8,12-14,17,19,21-22,29,33H,4,9-11,27H2,1-3H3,(H2,28,34)(H,30,35)(H,31,36)(H,32,37)(H,38,39). The van der Waals surface area contributed by atoms with E-state index in [0.717, 1.165) is 16.5 Å². The van der Waals surface area contributed by atoms with Crippen LogP contribution < -0.4 is 27.4 Å². The summed E-state index contributed by atoms with van der Waals surface area (Å²) in [7, 11) is 0. The zero-order valence-corrected chi connectivity index (χ0v) is 22.3. The van der Waals surface area contributed by atoms with Gasteiger partial charge in [0.2, 0.25) is 23.6 Å². The normalized spacial score (nSPS) is 15.8. The van der Waals surface area contributed by atoms with Gasteiger partial charge >= 0.3 is 5.97 Å². The first-order chi connectivity index (χ1) is 18.3. The van der Waals surface area contributed by atoms with Gasteiger partial charge in [-0.05, 0) is 37.3 Å². The van der Waals surface area contributed by atoms with Gasteiger partial charge in [-0.3, -0.25) is 19.2 Å². The third kappa shape index (κ3) is 8.79. The van der Waals surface area contributed by atoms with Crippen LogP contribution in [0.1, 0.15) is 45.6 Å². The van der Waals surface area contributed by atoms with Crippen LogP contribution in [0.25, 0.3) is 10.9 Å². The minimum absolute atomic E-state index is 0.146. The van der Waals surface area contributed by atoms with Crippen LogP contribution in [-0.2, 0) is 30.4 Å². The van der Waals surface area contributed by atoms with Gasteiger partial charge in [0.05, 0.1) is 12.1 Å². The molecule has 0 aliphatic heterocycles. The minimum Gasteiger partial charge on any atom is -0.480 e. The molecule has 0 saturated heterocycles. The number of hydrogen-bond donors (Lipinski definition) is 8. The molecule has 0 spiro atoms. The molecule has 0 aliphatic rings. The quantitative estimate of drug-likeness (QED) is 0.142. The first kappa shape index (κ1) is 31.2. The topological polar surface area (TPSA) is 230 Å². The van der Waals surface area contributed by atoms with Crippen molar-refractivity contribution in [2.45, 2.75) is 76.7 Å². The maximum absolute atomic E-state index is 13.2. The monoisotopic (exact) mass is 546 g/mol. The number of carboxylic acid groups (broad SMARTS) is 1. The Morgan fingerprint density at radius 1 is 0.974 bits per heavy atom. The molecule has 13 nitrogen and oxygen atoms in total. The fourth-order valence-corrected chi connectivity index (χ4v) is 4.05. The second-order valence-corrected chi connectivity index (χ2v) is 9.67. The fraction of sp³-hybridized carbons (Fsp3) is 0.500. The molecule has 1 aromatic heterocycles. The summed E-state index contributed by atoms with van der Waals surface area (Å²) < 4.78 is 0. The highest BCUT2D eigenvalue weighted by atomic mass is 16.4. The summed E-state index contributed by atoms with van der Waals surface area (Å²) in [6.07, 6.45) is 0.613. The van der Waals surface area contributed by atoms with Crippen molar-refractivity contribution >= 4 is 40.5 Å². The second kappa shape index (κ2) is 14.3. The zero-order chi connectivity index (χ0) is 29.3. The van der Waals surface area contributed by atoms with Crippen LogP contribution in [0.5, 0.6) is 0 Å². The first-order valence-electron chi connectivity index (χ1n) is 12.8. The number of benzene rings is 1. The minimum atomic E-state index is -1.59. The molecule has 6 unspecified atom stereocenters. The van der Waals surface area contributed by atoms with Crippen LogP contribution in [0.2, 0.25) is 0 Å². The second-order valence-electron chi connectivity index (χ2n) is 9.67. The van der Waals surface area contributed by atoms with E-state index in [1.165, 1.54) is 6.92 Å². The highest BCUT2D eigenvalue weighted by Gasteiger charge is 2.34. The molecule has 0 aliphatic carbocycles. The summed E-state index contributed by atoms with van der Waals surface area (Å²) in [5, 5.41) is 27.3. The summed E-state index contributed by atoms with van der Waals surface area (Å²) in [4.78, 5) is 65.0. The number of amides is 4. The Morgan fingerprint density at radius 3 is 2.21 bits per heavy atom. The van der Waals surface area contributed by atoms with E-state index in [1.54, 1.807) is 20.0 Å². The van der Waals surface area contributed by atoms with Crippen molar-refractivity contribution in [2.75, 3.05) is 0 Å². The van der Waals surface area contributed by atoms with E-state index in [0.29, 0.717) is 6.42 Å². The Bertz CT molecular complexity index is 1180. The van der Waals surface area contributed by atoms with Crippen molar-refractivity contribution in [3.63, 3.8) is 0 Å². The number of fused-ring (bicyclic) bond motifs is 1. The summed E-state index contributed by atoms with van der Waals surface area (Å²) >= 11 is 0. The van der Waals surface area contributed by atoms with E-state index in [9.17, 15) is 34.2 Å². The van der Waals surface area contributed by atoms with Gasteiger partial charge in [-0.25, -0.2) is 4.79 Å². The zero-order valence-electron chi connectivity index (χ0n) is 22.3. The average molecular weight is 547 g/mol. The number of primary amides is 1. The molecule has 0 saturated carbocycles. The van der Waals surface area contributed by atoms with Gasteiger partial charge in [-0.2, -0.15) is 0 Å². The van der Waals surface area contributed by atoms with Crippen molar-refractivity contribution in [1.29, 1.82) is 0 Å². The Labute approximate surface area is 226 Å². The van der Waals surface area contributed by atoms with E-state index in [1.807, 2.05) is 24.3 Å². The molecule has 0 bridgehead atoms. The Kier molecular flexibility index (Phi) is 11.4. The predicted octanol–water partition coefficient (Wildman–Crippen LogP) is -0.731. The number of rotatable bonds is 15. The number of aliphatic carboxylic acids is 1. The maximum atomic E-state index is 13.2. The largest absolute Gasteiger partial charge is 0.480 e. The number of aliphatic hydroxyl groups is 1. The molecule has 10 N–H and O–H groups in total. The van der Waals surface area contributed by atoms with Crippen molar-refractivity contribution in [1.82, 2.24) is 20.9 Å². The molecule has 0 radical (unpaired) electrons. The van der Waals surface area contributed by atoms with Gasteiger partial charge in [0.15, 0.2) is 6.04 Å². The van der Waals surface area contributed by atoms with E-state index in [-0.39, 0.29) is 19.3 Å². The number of nitrogens with one attached hydrogen (secondary N) is 4. The van der Waals surface area contributed by atoms with Crippen molar-refractivity contribution < 1.29 is 34.2 Å². The van der Waals surface area contributed by atoms with Crippen molar-refractivity contribution in [3.8, 4) is 0 Å². The summed E-state index contributed by atoms with van der Waals surface area (Å²) in [5.74, 6) is -4.80. The van der Waals surface area contributed by atoms with Gasteiger partial charge in [0.1, 0.15) is 12.1 Å². The van der Waals surface area contributed by atoms with E-state index >= 15 is 0 Å². The van der Waals surface area contributed by atoms with E-state index in [4.69, 9.17) is 11.5 Å². The van der Waals surface area contributed by atoms with Crippen LogP contribution >= 0.6 is 0 Å². The fourth-order valence-electron chi connectivity index (χ4n) is 4.05. The van der Waals surface area contributed by atoms with Crippen molar-refractivity contribution in [2.24, 2.45) is 17.4 Å². The number of aromatic nitrogens is 1. The maximum Gasteiger partial charge on any atom is 0.328 e.